The van der Waals surface area contributed by atoms with Gasteiger partial charge < -0.3 is 10.6 Å². The van der Waals surface area contributed by atoms with Gasteiger partial charge in [-0.25, -0.2) is 0 Å². The van der Waals surface area contributed by atoms with Crippen LogP contribution in [0.1, 0.15) is 46.0 Å². The Morgan fingerprint density at radius 2 is 2.18 bits per heavy atom. The van der Waals surface area contributed by atoms with Crippen molar-refractivity contribution >= 4 is 5.91 Å². The molecular formula is C14H26N2O. The fraction of sp³-hybridized carbons (Fsp3) is 0.929. The van der Waals surface area contributed by atoms with E-state index < -0.39 is 0 Å². The monoisotopic (exact) mass is 238 g/mol. The highest BCUT2D eigenvalue weighted by molar-refractivity contribution is 5.84. The molecule has 1 saturated carbocycles. The molecule has 2 aliphatic rings. The summed E-state index contributed by atoms with van der Waals surface area (Å²) in [5.41, 5.74) is 5.65. The molecule has 98 valence electrons. The summed E-state index contributed by atoms with van der Waals surface area (Å²) in [5.74, 6) is 1.75. The molecule has 1 amide bonds. The lowest BCUT2D eigenvalue weighted by Gasteiger charge is -2.46. The van der Waals surface area contributed by atoms with E-state index in [2.05, 4.69) is 18.7 Å². The molecule has 0 spiro atoms. The molecule has 17 heavy (non-hydrogen) atoms. The van der Waals surface area contributed by atoms with Crippen molar-refractivity contribution in [1.82, 2.24) is 4.90 Å². The van der Waals surface area contributed by atoms with Gasteiger partial charge in [-0.2, -0.15) is 0 Å². The van der Waals surface area contributed by atoms with Crippen molar-refractivity contribution in [2.45, 2.75) is 46.0 Å². The molecule has 0 aromatic heterocycles. The van der Waals surface area contributed by atoms with Gasteiger partial charge in [0.05, 0.1) is 5.41 Å². The zero-order valence-electron chi connectivity index (χ0n) is 11.2. The molecule has 3 heteroatoms. The third-order valence-electron chi connectivity index (χ3n) is 4.59. The van der Waals surface area contributed by atoms with Crippen LogP contribution in [-0.4, -0.2) is 30.4 Å². The Bertz CT molecular complexity index is 284. The van der Waals surface area contributed by atoms with Crippen molar-refractivity contribution < 1.29 is 4.79 Å². The molecule has 2 rings (SSSR count). The minimum Gasteiger partial charge on any atom is -0.342 e. The summed E-state index contributed by atoms with van der Waals surface area (Å²) in [5, 5.41) is 0. The quantitative estimate of drug-likeness (QED) is 0.814. The van der Waals surface area contributed by atoms with E-state index in [4.69, 9.17) is 5.73 Å². The first-order valence-electron chi connectivity index (χ1n) is 7.10. The Morgan fingerprint density at radius 1 is 1.47 bits per heavy atom. The zero-order valence-corrected chi connectivity index (χ0v) is 11.2. The van der Waals surface area contributed by atoms with Gasteiger partial charge in [-0.15, -0.1) is 0 Å². The third-order valence-corrected chi connectivity index (χ3v) is 4.59. The smallest absolute Gasteiger partial charge is 0.230 e. The molecule has 0 aromatic carbocycles. The molecule has 1 aliphatic heterocycles. The van der Waals surface area contributed by atoms with Gasteiger partial charge in [-0.3, -0.25) is 4.79 Å². The summed E-state index contributed by atoms with van der Waals surface area (Å²) in [7, 11) is 0. The number of carbonyl (C=O) groups is 1. The van der Waals surface area contributed by atoms with Crippen LogP contribution >= 0.6 is 0 Å². The van der Waals surface area contributed by atoms with E-state index in [9.17, 15) is 4.79 Å². The average Bonchev–Trinajstić information content (AvgIpc) is 2.72. The molecule has 0 radical (unpaired) electrons. The number of amides is 1. The molecule has 2 fully saturated rings. The van der Waals surface area contributed by atoms with Crippen LogP contribution in [0.15, 0.2) is 0 Å². The zero-order chi connectivity index (χ0) is 12.5. The Kier molecular flexibility index (Phi) is 3.76. The Labute approximate surface area is 105 Å². The number of hydrogen-bond donors (Lipinski definition) is 1. The van der Waals surface area contributed by atoms with Crippen molar-refractivity contribution in [3.05, 3.63) is 0 Å². The van der Waals surface area contributed by atoms with Gasteiger partial charge in [0.2, 0.25) is 5.91 Å². The topological polar surface area (TPSA) is 46.3 Å². The predicted molar refractivity (Wildman–Crippen MR) is 69.5 cm³/mol. The number of carbonyl (C=O) groups excluding carboxylic acids is 1. The van der Waals surface area contributed by atoms with E-state index in [1.165, 1.54) is 19.3 Å². The summed E-state index contributed by atoms with van der Waals surface area (Å²) < 4.78 is 0. The number of likely N-dealkylation sites (tertiary alicyclic amines) is 1. The van der Waals surface area contributed by atoms with Crippen LogP contribution in [-0.2, 0) is 4.79 Å². The fourth-order valence-electron chi connectivity index (χ4n) is 3.70. The lowest BCUT2D eigenvalue weighted by atomic mass is 9.62. The molecule has 1 saturated heterocycles. The van der Waals surface area contributed by atoms with Gasteiger partial charge in [0.25, 0.3) is 0 Å². The van der Waals surface area contributed by atoms with Gasteiger partial charge in [0.15, 0.2) is 0 Å². The highest BCUT2D eigenvalue weighted by Gasteiger charge is 2.49. The summed E-state index contributed by atoms with van der Waals surface area (Å²) in [4.78, 5) is 14.6. The minimum atomic E-state index is -0.194. The molecule has 1 atom stereocenters. The lowest BCUT2D eigenvalue weighted by Crippen LogP contribution is -2.54. The molecule has 0 bridgehead atoms. The molecule has 3 nitrogen and oxygen atoms in total. The average molecular weight is 238 g/mol. The van der Waals surface area contributed by atoms with Crippen molar-refractivity contribution in [1.29, 1.82) is 0 Å². The summed E-state index contributed by atoms with van der Waals surface area (Å²) in [6.07, 6.45) is 5.67. The molecule has 1 unspecified atom stereocenters. The van der Waals surface area contributed by atoms with Crippen LogP contribution < -0.4 is 5.73 Å². The van der Waals surface area contributed by atoms with Crippen molar-refractivity contribution in [2.24, 2.45) is 23.0 Å². The largest absolute Gasteiger partial charge is 0.342 e. The predicted octanol–water partition coefficient (Wildman–Crippen LogP) is 2.01. The first-order valence-corrected chi connectivity index (χ1v) is 7.10. The van der Waals surface area contributed by atoms with Crippen molar-refractivity contribution in [2.75, 3.05) is 19.6 Å². The maximum Gasteiger partial charge on any atom is 0.230 e. The van der Waals surface area contributed by atoms with Crippen LogP contribution in [0.4, 0.5) is 0 Å². The van der Waals surface area contributed by atoms with Gasteiger partial charge in [0.1, 0.15) is 0 Å². The van der Waals surface area contributed by atoms with Crippen LogP contribution in [0, 0.1) is 17.3 Å². The van der Waals surface area contributed by atoms with Crippen LogP contribution in [0.2, 0.25) is 0 Å². The van der Waals surface area contributed by atoms with E-state index in [1.807, 2.05) is 0 Å². The Balaban J connectivity index is 1.92. The number of nitrogens with two attached hydrogens (primary N) is 1. The van der Waals surface area contributed by atoms with Gasteiger partial charge in [-0.05, 0) is 37.5 Å². The van der Waals surface area contributed by atoms with Crippen LogP contribution in [0.25, 0.3) is 0 Å². The van der Waals surface area contributed by atoms with E-state index >= 15 is 0 Å². The summed E-state index contributed by atoms with van der Waals surface area (Å²) in [6, 6.07) is 0. The number of hydrogen-bond acceptors (Lipinski definition) is 2. The molecule has 2 N–H and O–H groups in total. The maximum atomic E-state index is 12.5. The number of rotatable bonds is 4. The number of nitrogens with zero attached hydrogens (tertiary/aromatic N) is 1. The van der Waals surface area contributed by atoms with Crippen molar-refractivity contribution in [3.8, 4) is 0 Å². The summed E-state index contributed by atoms with van der Waals surface area (Å²) >= 11 is 0. The second-order valence-corrected chi connectivity index (χ2v) is 6.19. The first kappa shape index (κ1) is 12.9. The molecule has 0 aromatic rings. The molecular weight excluding hydrogens is 212 g/mol. The Hall–Kier alpha value is -0.570. The van der Waals surface area contributed by atoms with E-state index in [0.29, 0.717) is 18.4 Å². The molecule has 1 heterocycles. The first-order chi connectivity index (χ1) is 8.11. The highest BCUT2D eigenvalue weighted by atomic mass is 16.2. The highest BCUT2D eigenvalue weighted by Crippen LogP contribution is 2.46. The van der Waals surface area contributed by atoms with Gasteiger partial charge in [-0.1, -0.05) is 20.3 Å². The van der Waals surface area contributed by atoms with E-state index in [-0.39, 0.29) is 5.41 Å². The Morgan fingerprint density at radius 3 is 2.71 bits per heavy atom. The normalized spacial score (nSPS) is 37.0. The van der Waals surface area contributed by atoms with E-state index in [1.54, 1.807) is 0 Å². The standard InChI is InChI=1S/C14H26N2O/c1-3-4-12-5-6-16(9-12)13(17)14(10-15)7-11(2)8-14/h11-12H,3-10,15H2,1-2H3. The van der Waals surface area contributed by atoms with Gasteiger partial charge >= 0.3 is 0 Å². The summed E-state index contributed by atoms with van der Waals surface area (Å²) in [6.45, 7) is 6.90. The lowest BCUT2D eigenvalue weighted by molar-refractivity contribution is -0.148. The van der Waals surface area contributed by atoms with Crippen molar-refractivity contribution in [3.63, 3.8) is 0 Å². The maximum absolute atomic E-state index is 12.5. The van der Waals surface area contributed by atoms with Crippen LogP contribution in [0.5, 0.6) is 0 Å². The second kappa shape index (κ2) is 4.97. The van der Waals surface area contributed by atoms with E-state index in [0.717, 1.165) is 31.8 Å². The van der Waals surface area contributed by atoms with Gasteiger partial charge in [0, 0.05) is 19.6 Å². The minimum absolute atomic E-state index is 0.194. The molecule has 1 aliphatic carbocycles. The second-order valence-electron chi connectivity index (χ2n) is 6.19. The fourth-order valence-corrected chi connectivity index (χ4v) is 3.70. The SMILES string of the molecule is CCCC1CCN(C(=O)C2(CN)CC(C)C2)C1. The third kappa shape index (κ3) is 2.35. The van der Waals surface area contributed by atoms with Crippen LogP contribution in [0.3, 0.4) is 0 Å².